The first kappa shape index (κ1) is 21.3. The number of hydrogen-bond acceptors (Lipinski definition) is 7. The summed E-state index contributed by atoms with van der Waals surface area (Å²) in [6, 6.07) is 5.39. The highest BCUT2D eigenvalue weighted by molar-refractivity contribution is 7.89. The topological polar surface area (TPSA) is 96.5 Å². The second-order valence-corrected chi connectivity index (χ2v) is 8.02. The fraction of sp³-hybridized carbons (Fsp3) is 0.412. The van der Waals surface area contributed by atoms with Gasteiger partial charge in [0.15, 0.2) is 5.82 Å². The van der Waals surface area contributed by atoms with E-state index in [1.807, 2.05) is 0 Å². The van der Waals surface area contributed by atoms with Crippen molar-refractivity contribution in [1.29, 1.82) is 0 Å². The molecule has 0 spiro atoms. The van der Waals surface area contributed by atoms with Crippen LogP contribution in [0.3, 0.4) is 0 Å². The number of hydrogen-bond donors (Lipinski definition) is 2. The number of benzene rings is 1. The Bertz CT molecular complexity index is 934. The molecule has 0 aliphatic carbocycles. The Morgan fingerprint density at radius 1 is 1.14 bits per heavy atom. The van der Waals surface area contributed by atoms with Crippen LogP contribution in [0.2, 0.25) is 0 Å². The first-order valence-electron chi connectivity index (χ1n) is 8.82. The fourth-order valence-electron chi connectivity index (χ4n) is 2.74. The summed E-state index contributed by atoms with van der Waals surface area (Å²) in [5, 5.41) is 10.8. The van der Waals surface area contributed by atoms with Crippen molar-refractivity contribution >= 4 is 21.5 Å². The van der Waals surface area contributed by atoms with Crippen LogP contribution in [0.4, 0.5) is 24.7 Å². The van der Waals surface area contributed by atoms with E-state index in [1.165, 1.54) is 0 Å². The zero-order valence-corrected chi connectivity index (χ0v) is 16.1. The van der Waals surface area contributed by atoms with Gasteiger partial charge in [0.1, 0.15) is 0 Å². The molecule has 2 heterocycles. The molecule has 8 nitrogen and oxygen atoms in total. The molecular weight excluding hydrogens is 411 g/mol. The summed E-state index contributed by atoms with van der Waals surface area (Å²) in [7, 11) is -4.07. The third-order valence-corrected chi connectivity index (χ3v) is 5.67. The van der Waals surface area contributed by atoms with Gasteiger partial charge >= 0.3 is 6.18 Å². The quantitative estimate of drug-likeness (QED) is 0.645. The third kappa shape index (κ3) is 5.78. The molecule has 0 saturated carbocycles. The molecule has 1 aliphatic heterocycles. The molecule has 0 atom stereocenters. The summed E-state index contributed by atoms with van der Waals surface area (Å²) >= 11 is 0. The first-order valence-corrected chi connectivity index (χ1v) is 10.3. The SMILES string of the molecule is O=S(=O)(NCCNc1cc(N2CCOCC2)cnn1)c1cccc(C(F)(F)F)c1. The number of aromatic nitrogens is 2. The minimum absolute atomic E-state index is 0.0396. The van der Waals surface area contributed by atoms with E-state index in [-0.39, 0.29) is 13.1 Å². The van der Waals surface area contributed by atoms with E-state index in [1.54, 1.807) is 12.3 Å². The van der Waals surface area contributed by atoms with Gasteiger partial charge in [-0.15, -0.1) is 5.10 Å². The number of ether oxygens (including phenoxy) is 1. The van der Waals surface area contributed by atoms with Gasteiger partial charge in [-0.1, -0.05) is 6.07 Å². The maximum Gasteiger partial charge on any atom is 0.416 e. The van der Waals surface area contributed by atoms with E-state index in [0.29, 0.717) is 25.1 Å². The van der Waals surface area contributed by atoms with E-state index >= 15 is 0 Å². The molecule has 1 aromatic carbocycles. The van der Waals surface area contributed by atoms with Gasteiger partial charge in [-0.25, -0.2) is 13.1 Å². The molecule has 1 aliphatic rings. The monoisotopic (exact) mass is 431 g/mol. The highest BCUT2D eigenvalue weighted by Crippen LogP contribution is 2.30. The minimum Gasteiger partial charge on any atom is -0.378 e. The van der Waals surface area contributed by atoms with Gasteiger partial charge < -0.3 is 15.0 Å². The van der Waals surface area contributed by atoms with E-state index in [9.17, 15) is 21.6 Å². The standard InChI is InChI=1S/C17H20F3N5O3S/c18-17(19,20)13-2-1-3-15(10-13)29(26,27)23-5-4-21-16-11-14(12-22-24-16)25-6-8-28-9-7-25/h1-3,10-12,23H,4-9H2,(H,21,24). The number of nitrogens with zero attached hydrogens (tertiary/aromatic N) is 3. The summed E-state index contributed by atoms with van der Waals surface area (Å²) in [5.74, 6) is 0.465. The molecule has 2 aromatic rings. The van der Waals surface area contributed by atoms with E-state index in [0.717, 1.165) is 37.0 Å². The summed E-state index contributed by atoms with van der Waals surface area (Å²) < 4.78 is 70.3. The summed E-state index contributed by atoms with van der Waals surface area (Å²) in [6.45, 7) is 2.87. The Labute approximate surface area is 166 Å². The van der Waals surface area contributed by atoms with Crippen LogP contribution in [0, 0.1) is 0 Å². The normalized spacial score (nSPS) is 15.3. The van der Waals surface area contributed by atoms with Crippen LogP contribution in [0.1, 0.15) is 5.56 Å². The summed E-state index contributed by atoms with van der Waals surface area (Å²) in [5.41, 5.74) is -0.149. The van der Waals surface area contributed by atoms with Crippen molar-refractivity contribution in [3.63, 3.8) is 0 Å². The van der Waals surface area contributed by atoms with Gasteiger partial charge in [0, 0.05) is 32.2 Å². The van der Waals surface area contributed by atoms with Gasteiger partial charge in [-0.05, 0) is 18.2 Å². The molecule has 0 unspecified atom stereocenters. The second-order valence-electron chi connectivity index (χ2n) is 6.25. The molecule has 1 fully saturated rings. The van der Waals surface area contributed by atoms with Crippen molar-refractivity contribution in [3.05, 3.63) is 42.1 Å². The lowest BCUT2D eigenvalue weighted by atomic mass is 10.2. The molecule has 2 N–H and O–H groups in total. The number of morpholine rings is 1. The summed E-state index contributed by atoms with van der Waals surface area (Å²) in [4.78, 5) is 1.65. The smallest absolute Gasteiger partial charge is 0.378 e. The van der Waals surface area contributed by atoms with Crippen molar-refractivity contribution in [2.75, 3.05) is 49.6 Å². The van der Waals surface area contributed by atoms with Crippen molar-refractivity contribution in [1.82, 2.24) is 14.9 Å². The molecule has 0 radical (unpaired) electrons. The maximum atomic E-state index is 12.8. The van der Waals surface area contributed by atoms with Crippen LogP contribution in [-0.4, -0.2) is 58.0 Å². The average molecular weight is 431 g/mol. The average Bonchev–Trinajstić information content (AvgIpc) is 2.72. The second kappa shape index (κ2) is 8.93. The number of alkyl halides is 3. The molecule has 1 aromatic heterocycles. The number of sulfonamides is 1. The van der Waals surface area contributed by atoms with E-state index < -0.39 is 26.7 Å². The Kier molecular flexibility index (Phi) is 6.55. The largest absolute Gasteiger partial charge is 0.416 e. The molecule has 1 saturated heterocycles. The van der Waals surface area contributed by atoms with Crippen LogP contribution in [0.25, 0.3) is 0 Å². The molecule has 12 heteroatoms. The molecular formula is C17H20F3N5O3S. The van der Waals surface area contributed by atoms with Gasteiger partial charge in [-0.3, -0.25) is 0 Å². The van der Waals surface area contributed by atoms with Crippen molar-refractivity contribution in [2.24, 2.45) is 0 Å². The Morgan fingerprint density at radius 2 is 1.90 bits per heavy atom. The van der Waals surface area contributed by atoms with Crippen LogP contribution in [0.5, 0.6) is 0 Å². The van der Waals surface area contributed by atoms with Gasteiger partial charge in [0.2, 0.25) is 10.0 Å². The maximum absolute atomic E-state index is 12.8. The predicted molar refractivity (Wildman–Crippen MR) is 100 cm³/mol. The lowest BCUT2D eigenvalue weighted by Crippen LogP contribution is -2.36. The van der Waals surface area contributed by atoms with Gasteiger partial charge in [0.05, 0.1) is 35.6 Å². The molecule has 158 valence electrons. The lowest BCUT2D eigenvalue weighted by molar-refractivity contribution is -0.137. The Morgan fingerprint density at radius 3 is 2.62 bits per heavy atom. The number of rotatable bonds is 7. The number of anilines is 2. The molecule has 29 heavy (non-hydrogen) atoms. The van der Waals surface area contributed by atoms with E-state index in [2.05, 4.69) is 25.1 Å². The third-order valence-electron chi connectivity index (χ3n) is 4.21. The van der Waals surface area contributed by atoms with Gasteiger partial charge in [0.25, 0.3) is 0 Å². The highest BCUT2D eigenvalue weighted by atomic mass is 32.2. The number of halogens is 3. The van der Waals surface area contributed by atoms with Crippen molar-refractivity contribution in [3.8, 4) is 0 Å². The Hall–Kier alpha value is -2.44. The van der Waals surface area contributed by atoms with Crippen LogP contribution < -0.4 is 14.9 Å². The zero-order valence-electron chi connectivity index (χ0n) is 15.3. The molecule has 0 amide bonds. The fourth-order valence-corrected chi connectivity index (χ4v) is 3.81. The van der Waals surface area contributed by atoms with E-state index in [4.69, 9.17) is 4.74 Å². The van der Waals surface area contributed by atoms with Crippen molar-refractivity contribution < 1.29 is 26.3 Å². The first-order chi connectivity index (χ1) is 13.8. The van der Waals surface area contributed by atoms with Crippen LogP contribution in [0.15, 0.2) is 41.4 Å². The predicted octanol–water partition coefficient (Wildman–Crippen LogP) is 1.72. The molecule has 3 rings (SSSR count). The minimum atomic E-state index is -4.61. The summed E-state index contributed by atoms with van der Waals surface area (Å²) in [6.07, 6.45) is -2.98. The Balaban J connectivity index is 1.55. The van der Waals surface area contributed by atoms with Crippen LogP contribution in [-0.2, 0) is 20.9 Å². The zero-order chi connectivity index (χ0) is 20.9. The van der Waals surface area contributed by atoms with Crippen molar-refractivity contribution in [2.45, 2.75) is 11.1 Å². The number of nitrogens with one attached hydrogen (secondary N) is 2. The van der Waals surface area contributed by atoms with Crippen LogP contribution >= 0.6 is 0 Å². The molecule has 0 bridgehead atoms. The lowest BCUT2D eigenvalue weighted by Gasteiger charge is -2.28. The highest BCUT2D eigenvalue weighted by Gasteiger charge is 2.31. The van der Waals surface area contributed by atoms with Gasteiger partial charge in [-0.2, -0.15) is 18.3 Å².